The SMILES string of the molecule is CC(C)c1ccc(C2=CC(c3ccc(C(C)(C)C)cc3)NN2c2ccccc2)cc1. The van der Waals surface area contributed by atoms with Gasteiger partial charge >= 0.3 is 0 Å². The Morgan fingerprint density at radius 1 is 0.800 bits per heavy atom. The summed E-state index contributed by atoms with van der Waals surface area (Å²) in [5.74, 6) is 0.536. The van der Waals surface area contributed by atoms with Gasteiger partial charge < -0.3 is 0 Å². The molecular weight excluding hydrogens is 364 g/mol. The highest BCUT2D eigenvalue weighted by molar-refractivity contribution is 5.81. The maximum Gasteiger partial charge on any atom is 0.0720 e. The lowest BCUT2D eigenvalue weighted by atomic mass is 9.86. The molecule has 0 amide bonds. The van der Waals surface area contributed by atoms with Crippen LogP contribution in [0.25, 0.3) is 5.70 Å². The summed E-state index contributed by atoms with van der Waals surface area (Å²) in [6, 6.07) is 28.7. The number of para-hydroxylation sites is 1. The number of hydrazine groups is 1. The Morgan fingerprint density at radius 2 is 1.43 bits per heavy atom. The molecule has 0 spiro atoms. The number of benzene rings is 3. The molecule has 3 aromatic carbocycles. The van der Waals surface area contributed by atoms with Crippen molar-refractivity contribution in [3.8, 4) is 0 Å². The Hall–Kier alpha value is -2.84. The van der Waals surface area contributed by atoms with Crippen LogP contribution in [0.3, 0.4) is 0 Å². The van der Waals surface area contributed by atoms with E-state index < -0.39 is 0 Å². The van der Waals surface area contributed by atoms with Crippen molar-refractivity contribution in [3.63, 3.8) is 0 Å². The van der Waals surface area contributed by atoms with E-state index in [1.807, 2.05) is 0 Å². The summed E-state index contributed by atoms with van der Waals surface area (Å²) < 4.78 is 0. The highest BCUT2D eigenvalue weighted by atomic mass is 15.5. The summed E-state index contributed by atoms with van der Waals surface area (Å²) in [5.41, 5.74) is 11.4. The summed E-state index contributed by atoms with van der Waals surface area (Å²) in [6.45, 7) is 11.2. The molecule has 0 radical (unpaired) electrons. The molecule has 2 nitrogen and oxygen atoms in total. The van der Waals surface area contributed by atoms with Crippen LogP contribution in [-0.2, 0) is 5.41 Å². The van der Waals surface area contributed by atoms with Gasteiger partial charge in [-0.1, -0.05) is 101 Å². The second-order valence-corrected chi connectivity index (χ2v) is 9.48. The second-order valence-electron chi connectivity index (χ2n) is 9.48. The van der Waals surface area contributed by atoms with Gasteiger partial charge in [0.05, 0.1) is 17.4 Å². The molecule has 3 aromatic rings. The molecule has 0 fully saturated rings. The van der Waals surface area contributed by atoms with Crippen LogP contribution >= 0.6 is 0 Å². The first-order valence-corrected chi connectivity index (χ1v) is 10.9. The fourth-order valence-corrected chi connectivity index (χ4v) is 3.89. The van der Waals surface area contributed by atoms with E-state index in [1.54, 1.807) is 0 Å². The van der Waals surface area contributed by atoms with Crippen molar-refractivity contribution < 1.29 is 0 Å². The van der Waals surface area contributed by atoms with Crippen LogP contribution in [0, 0.1) is 0 Å². The molecule has 1 aliphatic rings. The average Bonchev–Trinajstić information content (AvgIpc) is 3.19. The molecule has 0 saturated heterocycles. The van der Waals surface area contributed by atoms with Crippen molar-refractivity contribution in [1.29, 1.82) is 0 Å². The largest absolute Gasteiger partial charge is 0.276 e. The molecule has 0 aromatic heterocycles. The van der Waals surface area contributed by atoms with Crippen LogP contribution in [0.2, 0.25) is 0 Å². The fourth-order valence-electron chi connectivity index (χ4n) is 3.89. The van der Waals surface area contributed by atoms with Crippen molar-refractivity contribution in [3.05, 3.63) is 107 Å². The molecule has 0 aliphatic carbocycles. The first kappa shape index (κ1) is 20.4. The van der Waals surface area contributed by atoms with Gasteiger partial charge in [0.15, 0.2) is 0 Å². The minimum absolute atomic E-state index is 0.138. The zero-order valence-electron chi connectivity index (χ0n) is 18.7. The molecule has 30 heavy (non-hydrogen) atoms. The normalized spacial score (nSPS) is 16.8. The van der Waals surface area contributed by atoms with Crippen molar-refractivity contribution in [2.24, 2.45) is 0 Å². The van der Waals surface area contributed by atoms with Crippen molar-refractivity contribution in [2.75, 3.05) is 5.01 Å². The Labute approximate surface area is 181 Å². The van der Waals surface area contributed by atoms with Crippen molar-refractivity contribution in [2.45, 2.75) is 52.0 Å². The predicted octanol–water partition coefficient (Wildman–Crippen LogP) is 7.21. The van der Waals surface area contributed by atoms with Gasteiger partial charge in [-0.3, -0.25) is 5.01 Å². The third-order valence-electron chi connectivity index (χ3n) is 5.86. The minimum atomic E-state index is 0.138. The van der Waals surface area contributed by atoms with Crippen LogP contribution in [-0.4, -0.2) is 0 Å². The number of hydrogen-bond donors (Lipinski definition) is 1. The fraction of sp³-hybridized carbons (Fsp3) is 0.286. The summed E-state index contributed by atoms with van der Waals surface area (Å²) in [4.78, 5) is 0. The van der Waals surface area contributed by atoms with Gasteiger partial charge in [-0.2, -0.15) is 0 Å². The summed E-state index contributed by atoms with van der Waals surface area (Å²) >= 11 is 0. The molecule has 4 rings (SSSR count). The lowest BCUT2D eigenvalue weighted by molar-refractivity contribution is 0.589. The first-order chi connectivity index (χ1) is 14.3. The van der Waals surface area contributed by atoms with E-state index in [0.717, 1.165) is 5.69 Å². The molecule has 154 valence electrons. The van der Waals surface area contributed by atoms with Gasteiger partial charge in [-0.25, -0.2) is 5.43 Å². The highest BCUT2D eigenvalue weighted by Gasteiger charge is 2.26. The first-order valence-electron chi connectivity index (χ1n) is 10.9. The van der Waals surface area contributed by atoms with E-state index >= 15 is 0 Å². The lowest BCUT2D eigenvalue weighted by Gasteiger charge is -2.25. The van der Waals surface area contributed by atoms with Crippen LogP contribution in [0.5, 0.6) is 0 Å². The van der Waals surface area contributed by atoms with Gasteiger partial charge in [0.1, 0.15) is 0 Å². The van der Waals surface area contributed by atoms with Crippen molar-refractivity contribution in [1.82, 2.24) is 5.43 Å². The van der Waals surface area contributed by atoms with E-state index in [0.29, 0.717) is 5.92 Å². The van der Waals surface area contributed by atoms with Crippen LogP contribution < -0.4 is 10.4 Å². The Bertz CT molecular complexity index is 1010. The summed E-state index contributed by atoms with van der Waals surface area (Å²) in [6.07, 6.45) is 2.34. The Balaban J connectivity index is 1.70. The maximum absolute atomic E-state index is 3.71. The number of hydrogen-bond acceptors (Lipinski definition) is 2. The third kappa shape index (κ3) is 4.20. The third-order valence-corrected chi connectivity index (χ3v) is 5.86. The molecular formula is C28H32N2. The maximum atomic E-state index is 3.71. The molecule has 2 heteroatoms. The molecule has 1 aliphatic heterocycles. The smallest absolute Gasteiger partial charge is 0.0720 e. The Morgan fingerprint density at radius 3 is 2.00 bits per heavy atom. The van der Waals surface area contributed by atoms with E-state index in [4.69, 9.17) is 0 Å². The molecule has 0 saturated carbocycles. The molecule has 1 N–H and O–H groups in total. The summed E-state index contributed by atoms with van der Waals surface area (Å²) in [5, 5.41) is 2.21. The monoisotopic (exact) mass is 396 g/mol. The van der Waals surface area contributed by atoms with E-state index in [9.17, 15) is 0 Å². The van der Waals surface area contributed by atoms with E-state index in [-0.39, 0.29) is 11.5 Å². The number of nitrogens with one attached hydrogen (secondary N) is 1. The Kier molecular flexibility index (Phi) is 5.53. The number of nitrogens with zero attached hydrogens (tertiary/aromatic N) is 1. The predicted molar refractivity (Wildman–Crippen MR) is 128 cm³/mol. The zero-order chi connectivity index (χ0) is 21.3. The van der Waals surface area contributed by atoms with Crippen molar-refractivity contribution >= 4 is 11.4 Å². The number of rotatable bonds is 4. The lowest BCUT2D eigenvalue weighted by Crippen LogP contribution is -2.33. The average molecular weight is 397 g/mol. The molecule has 0 bridgehead atoms. The van der Waals surface area contributed by atoms with Crippen LogP contribution in [0.15, 0.2) is 84.9 Å². The number of anilines is 1. The van der Waals surface area contributed by atoms with Gasteiger partial charge in [-0.05, 0) is 51.8 Å². The van der Waals surface area contributed by atoms with Crippen LogP contribution in [0.1, 0.15) is 68.8 Å². The topological polar surface area (TPSA) is 15.3 Å². The molecule has 1 heterocycles. The highest BCUT2D eigenvalue weighted by Crippen LogP contribution is 2.35. The second kappa shape index (κ2) is 8.12. The van der Waals surface area contributed by atoms with E-state index in [1.165, 1.54) is 28.0 Å². The summed E-state index contributed by atoms with van der Waals surface area (Å²) in [7, 11) is 0. The standard InChI is InChI=1S/C28H32N2/c1-20(2)21-11-13-23(14-12-21)27-19-26(29-30(27)25-9-7-6-8-10-25)22-15-17-24(18-16-22)28(3,4)5/h6-20,26,29H,1-5H3. The minimum Gasteiger partial charge on any atom is -0.276 e. The molecule has 1 atom stereocenters. The van der Waals surface area contributed by atoms with Gasteiger partial charge in [0, 0.05) is 0 Å². The zero-order valence-corrected chi connectivity index (χ0v) is 18.7. The van der Waals surface area contributed by atoms with Gasteiger partial charge in [0.2, 0.25) is 0 Å². The van der Waals surface area contributed by atoms with E-state index in [2.05, 4.69) is 130 Å². The quantitative estimate of drug-likeness (QED) is 0.501. The van der Waals surface area contributed by atoms with Gasteiger partial charge in [0.25, 0.3) is 0 Å². The molecule has 1 unspecified atom stereocenters. The van der Waals surface area contributed by atoms with Gasteiger partial charge in [-0.15, -0.1) is 0 Å². The van der Waals surface area contributed by atoms with Crippen LogP contribution in [0.4, 0.5) is 5.69 Å².